The van der Waals surface area contributed by atoms with E-state index >= 15 is 0 Å². The maximum atomic E-state index is 6.23. The number of nitrogen functional groups attached to an aromatic ring is 1. The topological polar surface area (TPSA) is 43.8 Å². The second-order valence-electron chi connectivity index (χ2n) is 4.70. The summed E-state index contributed by atoms with van der Waals surface area (Å²) >= 11 is 5.24. The van der Waals surface area contributed by atoms with Crippen molar-refractivity contribution < 1.29 is 0 Å². The van der Waals surface area contributed by atoms with Crippen molar-refractivity contribution in [2.24, 2.45) is 7.05 Å². The van der Waals surface area contributed by atoms with E-state index in [1.54, 1.807) is 16.0 Å². The van der Waals surface area contributed by atoms with Crippen LogP contribution in [0.15, 0.2) is 40.2 Å². The average Bonchev–Trinajstić information content (AvgIpc) is 2.94. The van der Waals surface area contributed by atoms with Gasteiger partial charge in [0.15, 0.2) is 0 Å². The van der Waals surface area contributed by atoms with Gasteiger partial charge < -0.3 is 5.73 Å². The number of hydrogen-bond donors (Lipinski definition) is 1. The summed E-state index contributed by atoms with van der Waals surface area (Å²) < 4.78 is 2.79. The summed E-state index contributed by atoms with van der Waals surface area (Å²) in [7, 11) is 1.87. The van der Waals surface area contributed by atoms with Gasteiger partial charge in [0.05, 0.1) is 10.4 Å². The van der Waals surface area contributed by atoms with E-state index in [0.29, 0.717) is 5.82 Å². The monoisotopic (exact) mass is 347 g/mol. The third-order valence-corrected chi connectivity index (χ3v) is 5.07. The van der Waals surface area contributed by atoms with Crippen LogP contribution in [0.5, 0.6) is 0 Å². The van der Waals surface area contributed by atoms with Gasteiger partial charge in [0.1, 0.15) is 11.5 Å². The van der Waals surface area contributed by atoms with Crippen LogP contribution >= 0.6 is 27.3 Å². The molecule has 0 amide bonds. The summed E-state index contributed by atoms with van der Waals surface area (Å²) in [6.45, 7) is 2.08. The van der Waals surface area contributed by atoms with Gasteiger partial charge in [-0.05, 0) is 39.9 Å². The molecule has 0 aliphatic rings. The fourth-order valence-corrected chi connectivity index (χ4v) is 3.79. The van der Waals surface area contributed by atoms with Crippen molar-refractivity contribution in [1.82, 2.24) is 9.78 Å². The predicted octanol–water partition coefficient (Wildman–Crippen LogP) is 4.47. The lowest BCUT2D eigenvalue weighted by Crippen LogP contribution is -1.98. The van der Waals surface area contributed by atoms with Crippen LogP contribution in [-0.4, -0.2) is 9.78 Å². The Morgan fingerprint density at radius 2 is 2.10 bits per heavy atom. The molecule has 3 aromatic rings. The van der Waals surface area contributed by atoms with E-state index in [-0.39, 0.29) is 0 Å². The van der Waals surface area contributed by atoms with Gasteiger partial charge in [0, 0.05) is 11.5 Å². The van der Waals surface area contributed by atoms with Crippen LogP contribution in [0.1, 0.15) is 5.56 Å². The molecular formula is C15H14BrN3S. The zero-order valence-corrected chi connectivity index (χ0v) is 13.6. The number of nitrogens with two attached hydrogens (primary N) is 1. The highest BCUT2D eigenvalue weighted by molar-refractivity contribution is 9.10. The number of thiophene rings is 1. The summed E-state index contributed by atoms with van der Waals surface area (Å²) in [5, 5.41) is 6.64. The number of aromatic nitrogens is 2. The molecule has 0 spiro atoms. The van der Waals surface area contributed by atoms with Gasteiger partial charge in [-0.2, -0.15) is 5.10 Å². The molecule has 0 aliphatic carbocycles. The Balaban J connectivity index is 2.28. The SMILES string of the molecule is Cc1cccc(-c2c(-c3sccc3Br)nn(C)c2N)c1. The maximum Gasteiger partial charge on any atom is 0.129 e. The first-order valence-corrected chi connectivity index (χ1v) is 7.88. The molecule has 2 N–H and O–H groups in total. The number of benzene rings is 1. The molecule has 0 saturated carbocycles. The van der Waals surface area contributed by atoms with Crippen molar-refractivity contribution in [3.63, 3.8) is 0 Å². The molecule has 0 saturated heterocycles. The van der Waals surface area contributed by atoms with E-state index in [1.807, 2.05) is 24.6 Å². The second kappa shape index (κ2) is 5.07. The molecule has 5 heteroatoms. The minimum Gasteiger partial charge on any atom is -0.383 e. The minimum absolute atomic E-state index is 0.686. The normalized spacial score (nSPS) is 10.9. The Morgan fingerprint density at radius 3 is 2.75 bits per heavy atom. The van der Waals surface area contributed by atoms with Crippen LogP contribution in [0.25, 0.3) is 21.7 Å². The van der Waals surface area contributed by atoms with Crippen LogP contribution in [-0.2, 0) is 7.05 Å². The molecule has 0 aliphatic heterocycles. The van der Waals surface area contributed by atoms with Crippen LogP contribution in [0.2, 0.25) is 0 Å². The Bertz CT molecular complexity index is 773. The van der Waals surface area contributed by atoms with Crippen LogP contribution < -0.4 is 5.73 Å². The Hall–Kier alpha value is -1.59. The van der Waals surface area contributed by atoms with Crippen LogP contribution in [0, 0.1) is 6.92 Å². The van der Waals surface area contributed by atoms with Gasteiger partial charge in [-0.15, -0.1) is 11.3 Å². The summed E-state index contributed by atoms with van der Waals surface area (Å²) in [6, 6.07) is 10.4. The zero-order chi connectivity index (χ0) is 14.3. The van der Waals surface area contributed by atoms with Gasteiger partial charge >= 0.3 is 0 Å². The zero-order valence-electron chi connectivity index (χ0n) is 11.2. The molecule has 20 heavy (non-hydrogen) atoms. The average molecular weight is 348 g/mol. The number of rotatable bonds is 2. The first-order chi connectivity index (χ1) is 9.58. The fraction of sp³-hybridized carbons (Fsp3) is 0.133. The minimum atomic E-state index is 0.686. The molecule has 3 nitrogen and oxygen atoms in total. The summed E-state index contributed by atoms with van der Waals surface area (Å²) in [4.78, 5) is 1.11. The van der Waals surface area contributed by atoms with E-state index in [0.717, 1.165) is 26.2 Å². The lowest BCUT2D eigenvalue weighted by atomic mass is 10.0. The van der Waals surface area contributed by atoms with Crippen molar-refractivity contribution >= 4 is 33.1 Å². The summed E-state index contributed by atoms with van der Waals surface area (Å²) in [5.74, 6) is 0.686. The van der Waals surface area contributed by atoms with Crippen molar-refractivity contribution in [3.8, 4) is 21.7 Å². The fourth-order valence-electron chi connectivity index (χ4n) is 2.24. The van der Waals surface area contributed by atoms with Gasteiger partial charge in [-0.1, -0.05) is 29.8 Å². The smallest absolute Gasteiger partial charge is 0.129 e. The van der Waals surface area contributed by atoms with Gasteiger partial charge in [-0.3, -0.25) is 4.68 Å². The summed E-state index contributed by atoms with van der Waals surface area (Å²) in [6.07, 6.45) is 0. The number of anilines is 1. The highest BCUT2D eigenvalue weighted by Crippen LogP contribution is 2.41. The van der Waals surface area contributed by atoms with Crippen LogP contribution in [0.3, 0.4) is 0 Å². The molecule has 0 unspecified atom stereocenters. The second-order valence-corrected chi connectivity index (χ2v) is 6.47. The maximum absolute atomic E-state index is 6.23. The number of nitrogens with zero attached hydrogens (tertiary/aromatic N) is 2. The van der Waals surface area contributed by atoms with Crippen molar-refractivity contribution in [2.75, 3.05) is 5.73 Å². The predicted molar refractivity (Wildman–Crippen MR) is 88.8 cm³/mol. The lowest BCUT2D eigenvalue weighted by Gasteiger charge is -2.05. The molecule has 0 radical (unpaired) electrons. The van der Waals surface area contributed by atoms with Crippen molar-refractivity contribution in [1.29, 1.82) is 0 Å². The van der Waals surface area contributed by atoms with Crippen molar-refractivity contribution in [2.45, 2.75) is 6.92 Å². The molecule has 1 aromatic carbocycles. The highest BCUT2D eigenvalue weighted by Gasteiger charge is 2.19. The van der Waals surface area contributed by atoms with E-state index in [1.165, 1.54) is 5.56 Å². The molecule has 0 fully saturated rings. The Kier molecular flexibility index (Phi) is 3.40. The molecule has 0 atom stereocenters. The van der Waals surface area contributed by atoms with E-state index in [2.05, 4.69) is 46.2 Å². The molecule has 2 heterocycles. The molecule has 2 aromatic heterocycles. The number of hydrogen-bond acceptors (Lipinski definition) is 3. The third kappa shape index (κ3) is 2.17. The van der Waals surface area contributed by atoms with E-state index < -0.39 is 0 Å². The Labute approximate surface area is 130 Å². The summed E-state index contributed by atoms with van der Waals surface area (Å²) in [5.41, 5.74) is 10.5. The molecule has 102 valence electrons. The Morgan fingerprint density at radius 1 is 1.30 bits per heavy atom. The quantitative estimate of drug-likeness (QED) is 0.743. The van der Waals surface area contributed by atoms with Crippen molar-refractivity contribution in [3.05, 3.63) is 45.7 Å². The van der Waals surface area contributed by atoms with E-state index in [9.17, 15) is 0 Å². The molecule has 0 bridgehead atoms. The van der Waals surface area contributed by atoms with Crippen LogP contribution in [0.4, 0.5) is 5.82 Å². The lowest BCUT2D eigenvalue weighted by molar-refractivity contribution is 0.783. The highest BCUT2D eigenvalue weighted by atomic mass is 79.9. The number of aryl methyl sites for hydroxylation is 2. The van der Waals surface area contributed by atoms with Gasteiger partial charge in [-0.25, -0.2) is 0 Å². The van der Waals surface area contributed by atoms with Gasteiger partial charge in [0.2, 0.25) is 0 Å². The first kappa shape index (κ1) is 13.4. The number of halogens is 1. The van der Waals surface area contributed by atoms with Gasteiger partial charge in [0.25, 0.3) is 0 Å². The third-order valence-electron chi connectivity index (χ3n) is 3.23. The largest absolute Gasteiger partial charge is 0.383 e. The first-order valence-electron chi connectivity index (χ1n) is 6.21. The molecular weight excluding hydrogens is 334 g/mol. The standard InChI is InChI=1S/C15H14BrN3S/c1-9-4-3-5-10(8-9)12-13(18-19(2)15(12)17)14-11(16)6-7-20-14/h3-8H,17H2,1-2H3. The van der Waals surface area contributed by atoms with E-state index in [4.69, 9.17) is 5.73 Å². The molecule has 3 rings (SSSR count).